The SMILES string of the molecule is C[C@H](NC(=O)/C(=C\c1cccs1)NC(=O)c1ccccc1)C(=O)O. The number of carbonyl (C=O) groups is 3. The summed E-state index contributed by atoms with van der Waals surface area (Å²) in [5, 5.41) is 15.6. The largest absolute Gasteiger partial charge is 0.480 e. The third-order valence-electron chi connectivity index (χ3n) is 3.08. The van der Waals surface area contributed by atoms with Gasteiger partial charge in [0.1, 0.15) is 11.7 Å². The standard InChI is InChI=1S/C17H16N2O4S/c1-11(17(22)23)18-16(21)14(10-13-8-5-9-24-13)19-15(20)12-6-3-2-4-7-12/h2-11H,1H3,(H,18,21)(H,19,20)(H,22,23)/b14-10+/t11-/m0/s1. The maximum absolute atomic E-state index is 12.3. The zero-order valence-corrected chi connectivity index (χ0v) is 13.7. The molecule has 1 atom stereocenters. The molecule has 0 spiro atoms. The summed E-state index contributed by atoms with van der Waals surface area (Å²) in [4.78, 5) is 36.2. The molecule has 0 saturated heterocycles. The van der Waals surface area contributed by atoms with Crippen molar-refractivity contribution in [1.82, 2.24) is 10.6 Å². The predicted molar refractivity (Wildman–Crippen MR) is 91.4 cm³/mol. The van der Waals surface area contributed by atoms with Crippen LogP contribution in [0.1, 0.15) is 22.2 Å². The van der Waals surface area contributed by atoms with E-state index in [4.69, 9.17) is 5.11 Å². The van der Waals surface area contributed by atoms with Crippen LogP contribution in [-0.2, 0) is 9.59 Å². The second-order valence-electron chi connectivity index (χ2n) is 4.93. The van der Waals surface area contributed by atoms with Gasteiger partial charge in [0.15, 0.2) is 0 Å². The van der Waals surface area contributed by atoms with Crippen molar-refractivity contribution in [3.8, 4) is 0 Å². The molecule has 1 aromatic heterocycles. The minimum atomic E-state index is -1.16. The number of amides is 2. The minimum Gasteiger partial charge on any atom is -0.480 e. The van der Waals surface area contributed by atoms with E-state index in [0.29, 0.717) is 5.56 Å². The van der Waals surface area contributed by atoms with Crippen molar-refractivity contribution in [2.24, 2.45) is 0 Å². The highest BCUT2D eigenvalue weighted by atomic mass is 32.1. The summed E-state index contributed by atoms with van der Waals surface area (Å²) in [5.74, 6) is -2.27. The molecule has 0 saturated carbocycles. The lowest BCUT2D eigenvalue weighted by Crippen LogP contribution is -2.42. The van der Waals surface area contributed by atoms with Crippen LogP contribution in [0.4, 0.5) is 0 Å². The lowest BCUT2D eigenvalue weighted by atomic mass is 10.2. The average molecular weight is 344 g/mol. The van der Waals surface area contributed by atoms with E-state index in [1.807, 2.05) is 11.4 Å². The first-order chi connectivity index (χ1) is 11.5. The third kappa shape index (κ3) is 4.79. The fourth-order valence-electron chi connectivity index (χ4n) is 1.79. The topological polar surface area (TPSA) is 95.5 Å². The molecule has 2 amide bonds. The van der Waals surface area contributed by atoms with Crippen molar-refractivity contribution in [1.29, 1.82) is 0 Å². The van der Waals surface area contributed by atoms with Crippen molar-refractivity contribution in [2.45, 2.75) is 13.0 Å². The van der Waals surface area contributed by atoms with Gasteiger partial charge >= 0.3 is 5.97 Å². The lowest BCUT2D eigenvalue weighted by Gasteiger charge is -2.13. The Morgan fingerprint density at radius 1 is 1.12 bits per heavy atom. The van der Waals surface area contributed by atoms with E-state index in [-0.39, 0.29) is 5.70 Å². The second kappa shape index (κ2) is 8.07. The molecule has 1 aromatic carbocycles. The summed E-state index contributed by atoms with van der Waals surface area (Å²) in [5.41, 5.74) is 0.382. The Kier molecular flexibility index (Phi) is 5.86. The Balaban J connectivity index is 2.22. The van der Waals surface area contributed by atoms with E-state index in [2.05, 4.69) is 10.6 Å². The summed E-state index contributed by atoms with van der Waals surface area (Å²) in [6.45, 7) is 1.35. The van der Waals surface area contributed by atoms with Crippen molar-refractivity contribution in [3.05, 3.63) is 64.0 Å². The van der Waals surface area contributed by atoms with Crippen LogP contribution >= 0.6 is 11.3 Å². The quantitative estimate of drug-likeness (QED) is 0.699. The number of thiophene rings is 1. The molecule has 7 heteroatoms. The maximum Gasteiger partial charge on any atom is 0.325 e. The molecule has 3 N–H and O–H groups in total. The van der Waals surface area contributed by atoms with Crippen molar-refractivity contribution >= 4 is 35.2 Å². The zero-order valence-electron chi connectivity index (χ0n) is 12.9. The Labute approximate surface area is 142 Å². The molecule has 2 aromatic rings. The summed E-state index contributed by atoms with van der Waals surface area (Å²) < 4.78 is 0. The number of hydrogen-bond donors (Lipinski definition) is 3. The van der Waals surface area contributed by atoms with Gasteiger partial charge in [-0.15, -0.1) is 11.3 Å². The summed E-state index contributed by atoms with van der Waals surface area (Å²) in [6, 6.07) is 11.0. The van der Waals surface area contributed by atoms with Gasteiger partial charge in [-0.05, 0) is 36.6 Å². The van der Waals surface area contributed by atoms with Crippen LogP contribution in [-0.4, -0.2) is 28.9 Å². The number of hydrogen-bond acceptors (Lipinski definition) is 4. The van der Waals surface area contributed by atoms with Crippen LogP contribution in [0.15, 0.2) is 53.5 Å². The van der Waals surface area contributed by atoms with Crippen LogP contribution in [0.25, 0.3) is 6.08 Å². The first kappa shape index (κ1) is 17.4. The monoisotopic (exact) mass is 344 g/mol. The van der Waals surface area contributed by atoms with Gasteiger partial charge in [-0.25, -0.2) is 0 Å². The highest BCUT2D eigenvalue weighted by Gasteiger charge is 2.19. The van der Waals surface area contributed by atoms with Gasteiger partial charge in [0.25, 0.3) is 11.8 Å². The molecule has 24 heavy (non-hydrogen) atoms. The highest BCUT2D eigenvalue weighted by molar-refractivity contribution is 7.10. The predicted octanol–water partition coefficient (Wildman–Crippen LogP) is 2.11. The Morgan fingerprint density at radius 3 is 2.42 bits per heavy atom. The van der Waals surface area contributed by atoms with Crippen LogP contribution < -0.4 is 10.6 Å². The van der Waals surface area contributed by atoms with Crippen LogP contribution in [0, 0.1) is 0 Å². The number of carbonyl (C=O) groups excluding carboxylic acids is 2. The van der Waals surface area contributed by atoms with Crippen molar-refractivity contribution in [3.63, 3.8) is 0 Å². The van der Waals surface area contributed by atoms with Gasteiger partial charge in [-0.3, -0.25) is 14.4 Å². The number of benzene rings is 1. The first-order valence-electron chi connectivity index (χ1n) is 7.12. The fraction of sp³-hybridized carbons (Fsp3) is 0.118. The Morgan fingerprint density at radius 2 is 1.83 bits per heavy atom. The molecule has 0 bridgehead atoms. The number of carboxylic acids is 1. The lowest BCUT2D eigenvalue weighted by molar-refractivity contribution is -0.140. The van der Waals surface area contributed by atoms with Gasteiger partial charge in [-0.1, -0.05) is 24.3 Å². The van der Waals surface area contributed by atoms with E-state index >= 15 is 0 Å². The van der Waals surface area contributed by atoms with Crippen LogP contribution in [0.2, 0.25) is 0 Å². The Hall–Kier alpha value is -2.93. The second-order valence-corrected chi connectivity index (χ2v) is 5.91. The molecular formula is C17H16N2O4S. The van der Waals surface area contributed by atoms with E-state index in [0.717, 1.165) is 4.88 Å². The fourth-order valence-corrected chi connectivity index (χ4v) is 2.45. The molecule has 124 valence electrons. The van der Waals surface area contributed by atoms with E-state index in [1.165, 1.54) is 24.3 Å². The summed E-state index contributed by atoms with van der Waals surface area (Å²) in [7, 11) is 0. The smallest absolute Gasteiger partial charge is 0.325 e. The molecule has 0 aliphatic heterocycles. The van der Waals surface area contributed by atoms with E-state index in [9.17, 15) is 14.4 Å². The molecule has 0 aliphatic rings. The first-order valence-corrected chi connectivity index (χ1v) is 8.00. The molecule has 0 radical (unpaired) electrons. The Bertz CT molecular complexity index is 754. The van der Waals surface area contributed by atoms with Crippen molar-refractivity contribution in [2.75, 3.05) is 0 Å². The normalized spacial score (nSPS) is 12.3. The molecule has 0 unspecified atom stereocenters. The van der Waals surface area contributed by atoms with Crippen LogP contribution in [0.3, 0.4) is 0 Å². The van der Waals surface area contributed by atoms with Gasteiger partial charge in [-0.2, -0.15) is 0 Å². The number of carboxylic acid groups (broad SMARTS) is 1. The molecule has 1 heterocycles. The number of aliphatic carboxylic acids is 1. The zero-order chi connectivity index (χ0) is 17.5. The number of rotatable bonds is 6. The summed E-state index contributed by atoms with van der Waals surface area (Å²) >= 11 is 1.39. The van der Waals surface area contributed by atoms with Crippen LogP contribution in [0.5, 0.6) is 0 Å². The minimum absolute atomic E-state index is 0.0144. The maximum atomic E-state index is 12.3. The molecular weight excluding hydrogens is 328 g/mol. The average Bonchev–Trinajstić information content (AvgIpc) is 3.07. The third-order valence-corrected chi connectivity index (χ3v) is 3.90. The van der Waals surface area contributed by atoms with Gasteiger partial charge in [0.2, 0.25) is 0 Å². The van der Waals surface area contributed by atoms with E-state index in [1.54, 1.807) is 36.4 Å². The van der Waals surface area contributed by atoms with Gasteiger partial charge in [0.05, 0.1) is 0 Å². The number of nitrogens with one attached hydrogen (secondary N) is 2. The molecule has 0 fully saturated rings. The van der Waals surface area contributed by atoms with E-state index < -0.39 is 23.8 Å². The molecule has 6 nitrogen and oxygen atoms in total. The molecule has 0 aliphatic carbocycles. The van der Waals surface area contributed by atoms with Crippen molar-refractivity contribution < 1.29 is 19.5 Å². The summed E-state index contributed by atoms with van der Waals surface area (Å²) in [6.07, 6.45) is 1.51. The van der Waals surface area contributed by atoms with Gasteiger partial charge < -0.3 is 15.7 Å². The highest BCUT2D eigenvalue weighted by Crippen LogP contribution is 2.13. The van der Waals surface area contributed by atoms with Gasteiger partial charge in [0, 0.05) is 10.4 Å². The molecule has 2 rings (SSSR count).